The lowest BCUT2D eigenvalue weighted by Crippen LogP contribution is -2.22. The molecule has 1 aliphatic heterocycles. The Balaban J connectivity index is 1.33. The summed E-state index contributed by atoms with van der Waals surface area (Å²) in [6.45, 7) is 2.68. The van der Waals surface area contributed by atoms with Gasteiger partial charge in [0.2, 0.25) is 5.89 Å². The number of benzene rings is 1. The molecule has 148 valence electrons. The van der Waals surface area contributed by atoms with Gasteiger partial charge in [0.05, 0.1) is 19.0 Å². The van der Waals surface area contributed by atoms with Crippen LogP contribution in [0.25, 0.3) is 11.2 Å². The van der Waals surface area contributed by atoms with E-state index in [1.165, 1.54) is 21.0 Å². The number of aromatic nitrogens is 6. The van der Waals surface area contributed by atoms with Crippen molar-refractivity contribution in [2.75, 3.05) is 6.61 Å². The molecule has 1 aromatic carbocycles. The number of imidazole rings is 1. The number of aryl methyl sites for hydroxylation is 2. The third-order valence-corrected chi connectivity index (χ3v) is 5.24. The van der Waals surface area contributed by atoms with Gasteiger partial charge in [-0.3, -0.25) is 9.36 Å². The van der Waals surface area contributed by atoms with E-state index in [0.29, 0.717) is 18.3 Å². The van der Waals surface area contributed by atoms with Gasteiger partial charge in [0.1, 0.15) is 14.2 Å². The zero-order valence-corrected chi connectivity index (χ0v) is 16.1. The monoisotopic (exact) mass is 393 g/mol. The minimum absolute atomic E-state index is 0.00989. The average Bonchev–Trinajstić information content (AvgIpc) is 3.45. The van der Waals surface area contributed by atoms with Crippen LogP contribution in [0.1, 0.15) is 42.7 Å². The largest absolute Gasteiger partial charge is 0.373 e. The quantitative estimate of drug-likeness (QED) is 0.523. The lowest BCUT2D eigenvalue weighted by Gasteiger charge is -2.09. The van der Waals surface area contributed by atoms with Crippen LogP contribution in [0.5, 0.6) is 0 Å². The Bertz CT molecular complexity index is 1280. The predicted octanol–water partition coefficient (Wildman–Crippen LogP) is 2.11. The van der Waals surface area contributed by atoms with Crippen LogP contribution in [0.3, 0.4) is 0 Å². The maximum atomic E-state index is 12.7. The molecule has 9 heteroatoms. The molecule has 3 aromatic heterocycles. The first-order valence-electron chi connectivity index (χ1n) is 9.88. The Labute approximate surface area is 167 Å². The molecule has 1 fully saturated rings. The van der Waals surface area contributed by atoms with Gasteiger partial charge in [0, 0.05) is 13.0 Å². The highest BCUT2D eigenvalue weighted by molar-refractivity contribution is 5.68. The molecule has 1 saturated heterocycles. The molecular formula is C20H20N6O3. The number of hydrogen-bond acceptors (Lipinski definition) is 7. The van der Waals surface area contributed by atoms with Crippen LogP contribution < -0.4 is 5.56 Å². The molecule has 0 saturated carbocycles. The summed E-state index contributed by atoms with van der Waals surface area (Å²) in [4.78, 5) is 25.3. The third-order valence-electron chi connectivity index (χ3n) is 5.24. The molecule has 0 N–H and O–H groups in total. The first-order valence-corrected chi connectivity index (χ1v) is 9.38. The second kappa shape index (κ2) is 6.93. The Hall–Kier alpha value is -3.33. The molecular weight excluding hydrogens is 372 g/mol. The molecule has 0 spiro atoms. The van der Waals surface area contributed by atoms with E-state index in [2.05, 4.69) is 51.3 Å². The summed E-state index contributed by atoms with van der Waals surface area (Å²) in [6, 6.07) is 8.32. The van der Waals surface area contributed by atoms with Gasteiger partial charge in [0.25, 0.3) is 5.56 Å². The number of rotatable bonds is 4. The molecule has 0 bridgehead atoms. The molecule has 9 nitrogen and oxygen atoms in total. The maximum Gasteiger partial charge on any atom is 0.280 e. The molecule has 4 aromatic rings. The second-order valence-electron chi connectivity index (χ2n) is 7.33. The van der Waals surface area contributed by atoms with E-state index in [1.807, 2.05) is 0 Å². The summed E-state index contributed by atoms with van der Waals surface area (Å²) in [6.07, 6.45) is 2.15. The summed E-state index contributed by atoms with van der Waals surface area (Å²) in [7, 11) is 1.61. The fourth-order valence-electron chi connectivity index (χ4n) is 3.59. The standard InChI is InChI=1S/C20H20N6O3/c1-12-3-5-13(6-4-12)15-7-14(9-28-15)18-23-16(29-24-18)8-26-11-22-19-17(20(26)27)25(2)10-21-19/h3-6,10-11,14-15H,7-9H2,1-2H3/t14-,15+/m0/s1/i10D. The molecule has 0 amide bonds. The van der Waals surface area contributed by atoms with Crippen molar-refractivity contribution >= 4 is 11.2 Å². The maximum absolute atomic E-state index is 12.7. The average molecular weight is 393 g/mol. The highest BCUT2D eigenvalue weighted by atomic mass is 16.5. The highest BCUT2D eigenvalue weighted by Crippen LogP contribution is 2.37. The Morgan fingerprint density at radius 3 is 2.93 bits per heavy atom. The van der Waals surface area contributed by atoms with E-state index in [9.17, 15) is 4.79 Å². The molecule has 2 atom stereocenters. The van der Waals surface area contributed by atoms with Crippen molar-refractivity contribution in [3.63, 3.8) is 0 Å². The number of fused-ring (bicyclic) bond motifs is 1. The van der Waals surface area contributed by atoms with Crippen molar-refractivity contribution in [3.05, 3.63) is 70.1 Å². The SMILES string of the molecule is [2H]c1nc2ncn(Cc3nc([C@@H]4CO[C@@H](c5ccc(C)cc5)C4)no3)c(=O)c2n1C. The van der Waals surface area contributed by atoms with Crippen LogP contribution in [0, 0.1) is 6.92 Å². The Kier molecular flexibility index (Phi) is 3.97. The molecule has 4 heterocycles. The van der Waals surface area contributed by atoms with Crippen LogP contribution >= 0.6 is 0 Å². The first kappa shape index (κ1) is 16.6. The Morgan fingerprint density at radius 1 is 1.28 bits per heavy atom. The van der Waals surface area contributed by atoms with E-state index >= 15 is 0 Å². The third kappa shape index (κ3) is 3.23. The molecule has 29 heavy (non-hydrogen) atoms. The highest BCUT2D eigenvalue weighted by Gasteiger charge is 2.31. The lowest BCUT2D eigenvalue weighted by molar-refractivity contribution is 0.110. The second-order valence-corrected chi connectivity index (χ2v) is 7.33. The van der Waals surface area contributed by atoms with Gasteiger partial charge in [-0.05, 0) is 18.9 Å². The number of nitrogens with zero attached hydrogens (tertiary/aromatic N) is 6. The molecule has 0 unspecified atom stereocenters. The number of ether oxygens (including phenoxy) is 1. The van der Waals surface area contributed by atoms with Crippen molar-refractivity contribution in [2.45, 2.75) is 31.9 Å². The van der Waals surface area contributed by atoms with Gasteiger partial charge in [-0.15, -0.1) is 0 Å². The van der Waals surface area contributed by atoms with Crippen LogP contribution in [-0.4, -0.2) is 35.8 Å². The fourth-order valence-corrected chi connectivity index (χ4v) is 3.59. The summed E-state index contributed by atoms with van der Waals surface area (Å²) >= 11 is 0. The smallest absolute Gasteiger partial charge is 0.280 e. The molecule has 1 aliphatic rings. The first-order chi connectivity index (χ1) is 14.5. The summed E-state index contributed by atoms with van der Waals surface area (Å²) in [5.74, 6) is 0.935. The summed E-state index contributed by atoms with van der Waals surface area (Å²) < 4.78 is 21.8. The molecule has 0 radical (unpaired) electrons. The zero-order chi connectivity index (χ0) is 20.8. The predicted molar refractivity (Wildman–Crippen MR) is 103 cm³/mol. The van der Waals surface area contributed by atoms with Gasteiger partial charge in [-0.25, -0.2) is 9.97 Å². The van der Waals surface area contributed by atoms with Gasteiger partial charge >= 0.3 is 0 Å². The van der Waals surface area contributed by atoms with Crippen molar-refractivity contribution in [3.8, 4) is 0 Å². The number of hydrogen-bond donors (Lipinski definition) is 0. The molecule has 5 rings (SSSR count). The zero-order valence-electron chi connectivity index (χ0n) is 17.1. The van der Waals surface area contributed by atoms with Crippen molar-refractivity contribution in [1.82, 2.24) is 29.2 Å². The van der Waals surface area contributed by atoms with Crippen molar-refractivity contribution in [1.29, 1.82) is 0 Å². The minimum Gasteiger partial charge on any atom is -0.373 e. The van der Waals surface area contributed by atoms with E-state index in [0.717, 1.165) is 12.0 Å². The normalized spacial score (nSPS) is 19.7. The van der Waals surface area contributed by atoms with Crippen LogP contribution in [0.4, 0.5) is 0 Å². The van der Waals surface area contributed by atoms with Crippen LogP contribution in [0.15, 0.2) is 46.2 Å². The van der Waals surface area contributed by atoms with Gasteiger partial charge < -0.3 is 13.8 Å². The molecule has 0 aliphatic carbocycles. The van der Waals surface area contributed by atoms with Gasteiger partial charge in [-0.1, -0.05) is 35.0 Å². The van der Waals surface area contributed by atoms with E-state index in [-0.39, 0.29) is 41.6 Å². The van der Waals surface area contributed by atoms with E-state index in [4.69, 9.17) is 10.6 Å². The van der Waals surface area contributed by atoms with Gasteiger partial charge in [0.15, 0.2) is 17.0 Å². The van der Waals surface area contributed by atoms with Crippen LogP contribution in [0.2, 0.25) is 0 Å². The van der Waals surface area contributed by atoms with E-state index < -0.39 is 0 Å². The fraction of sp³-hybridized carbons (Fsp3) is 0.350. The van der Waals surface area contributed by atoms with E-state index in [1.54, 1.807) is 7.05 Å². The summed E-state index contributed by atoms with van der Waals surface area (Å²) in [5.41, 5.74) is 2.57. The van der Waals surface area contributed by atoms with Crippen molar-refractivity contribution < 1.29 is 10.6 Å². The van der Waals surface area contributed by atoms with Crippen LogP contribution in [-0.2, 0) is 18.3 Å². The van der Waals surface area contributed by atoms with Gasteiger partial charge in [-0.2, -0.15) is 4.98 Å². The lowest BCUT2D eigenvalue weighted by atomic mass is 9.99. The Morgan fingerprint density at radius 2 is 2.10 bits per heavy atom. The van der Waals surface area contributed by atoms with Crippen molar-refractivity contribution in [2.24, 2.45) is 7.05 Å². The summed E-state index contributed by atoms with van der Waals surface area (Å²) in [5, 5.41) is 4.10. The minimum atomic E-state index is -0.308. The topological polar surface area (TPSA) is 101 Å².